The maximum atomic E-state index is 5.50. The Morgan fingerprint density at radius 2 is 2.36 bits per heavy atom. The summed E-state index contributed by atoms with van der Waals surface area (Å²) in [5, 5.41) is 0. The fraction of sp³-hybridized carbons (Fsp3) is 0.800. The van der Waals surface area contributed by atoms with Gasteiger partial charge in [-0.1, -0.05) is 12.2 Å². The van der Waals surface area contributed by atoms with Gasteiger partial charge in [0.15, 0.2) is 0 Å². The van der Waals surface area contributed by atoms with Gasteiger partial charge >= 0.3 is 0 Å². The molecule has 3 atom stereocenters. The maximum Gasteiger partial charge on any atom is 0.0529 e. The topological polar surface area (TPSA) is 9.23 Å². The van der Waals surface area contributed by atoms with E-state index in [0.717, 1.165) is 25.0 Å². The van der Waals surface area contributed by atoms with Gasteiger partial charge in [-0.3, -0.25) is 0 Å². The fourth-order valence-corrected chi connectivity index (χ4v) is 3.13. The Kier molecular flexibility index (Phi) is 1.07. The first-order chi connectivity index (χ1) is 5.39. The van der Waals surface area contributed by atoms with Gasteiger partial charge in [0, 0.05) is 12.0 Å². The Balaban J connectivity index is 1.94. The van der Waals surface area contributed by atoms with E-state index in [1.54, 1.807) is 0 Å². The highest BCUT2D eigenvalue weighted by Crippen LogP contribution is 2.55. The standard InChI is InChI=1S/C10H14O/c1-2-9-5-8(1)6-10(9)3-4-11-7-10/h1-2,8-9H,3-7H2/t8-,9+,10-/m1/s1. The second-order valence-electron chi connectivity index (χ2n) is 4.36. The Morgan fingerprint density at radius 3 is 2.91 bits per heavy atom. The molecule has 60 valence electrons. The highest BCUT2D eigenvalue weighted by molar-refractivity contribution is 5.16. The molecule has 3 aliphatic rings. The zero-order valence-corrected chi connectivity index (χ0v) is 6.75. The number of fused-ring (bicyclic) bond motifs is 3. The minimum atomic E-state index is 0.597. The molecular formula is C10H14O. The molecule has 0 N–H and O–H groups in total. The number of ether oxygens (including phenoxy) is 1. The summed E-state index contributed by atoms with van der Waals surface area (Å²) in [7, 11) is 0. The normalized spacial score (nSPS) is 53.1. The van der Waals surface area contributed by atoms with Gasteiger partial charge in [-0.05, 0) is 31.1 Å². The average Bonchev–Trinajstić information content (AvgIpc) is 2.64. The molecule has 2 fully saturated rings. The molecule has 1 aliphatic heterocycles. The predicted molar refractivity (Wildman–Crippen MR) is 43.2 cm³/mol. The van der Waals surface area contributed by atoms with E-state index in [4.69, 9.17) is 4.74 Å². The van der Waals surface area contributed by atoms with Gasteiger partial charge in [-0.25, -0.2) is 0 Å². The van der Waals surface area contributed by atoms with Crippen molar-refractivity contribution in [2.24, 2.45) is 17.3 Å². The third-order valence-corrected chi connectivity index (χ3v) is 3.76. The van der Waals surface area contributed by atoms with Crippen LogP contribution >= 0.6 is 0 Å². The summed E-state index contributed by atoms with van der Waals surface area (Å²) in [6.07, 6.45) is 8.99. The Bertz CT molecular complexity index is 201. The van der Waals surface area contributed by atoms with Crippen molar-refractivity contribution in [1.82, 2.24) is 0 Å². The van der Waals surface area contributed by atoms with Crippen LogP contribution in [0.25, 0.3) is 0 Å². The van der Waals surface area contributed by atoms with Crippen LogP contribution in [0.3, 0.4) is 0 Å². The van der Waals surface area contributed by atoms with Crippen LogP contribution in [0.2, 0.25) is 0 Å². The summed E-state index contributed by atoms with van der Waals surface area (Å²) in [5.74, 6) is 1.77. The lowest BCUT2D eigenvalue weighted by Gasteiger charge is -2.28. The van der Waals surface area contributed by atoms with Crippen molar-refractivity contribution in [3.8, 4) is 0 Å². The van der Waals surface area contributed by atoms with Crippen molar-refractivity contribution >= 4 is 0 Å². The quantitative estimate of drug-likeness (QED) is 0.480. The smallest absolute Gasteiger partial charge is 0.0529 e. The maximum absolute atomic E-state index is 5.50. The summed E-state index contributed by atoms with van der Waals surface area (Å²) >= 11 is 0. The second kappa shape index (κ2) is 1.89. The molecule has 1 saturated heterocycles. The molecule has 1 saturated carbocycles. The van der Waals surface area contributed by atoms with E-state index in [-0.39, 0.29) is 0 Å². The Morgan fingerprint density at radius 1 is 1.36 bits per heavy atom. The van der Waals surface area contributed by atoms with Gasteiger partial charge < -0.3 is 4.74 Å². The average molecular weight is 150 g/mol. The van der Waals surface area contributed by atoms with Crippen LogP contribution in [0, 0.1) is 17.3 Å². The van der Waals surface area contributed by atoms with Crippen LogP contribution in [-0.2, 0) is 4.74 Å². The number of hydrogen-bond donors (Lipinski definition) is 0. The second-order valence-corrected chi connectivity index (χ2v) is 4.36. The van der Waals surface area contributed by atoms with E-state index in [2.05, 4.69) is 12.2 Å². The van der Waals surface area contributed by atoms with Crippen molar-refractivity contribution in [2.45, 2.75) is 19.3 Å². The molecule has 0 radical (unpaired) electrons. The molecule has 1 spiro atoms. The van der Waals surface area contributed by atoms with E-state index < -0.39 is 0 Å². The van der Waals surface area contributed by atoms with Crippen molar-refractivity contribution in [3.63, 3.8) is 0 Å². The van der Waals surface area contributed by atoms with Gasteiger partial charge in [0.2, 0.25) is 0 Å². The van der Waals surface area contributed by atoms with Crippen LogP contribution < -0.4 is 0 Å². The van der Waals surface area contributed by atoms with Gasteiger partial charge in [0.1, 0.15) is 0 Å². The molecule has 11 heavy (non-hydrogen) atoms. The van der Waals surface area contributed by atoms with Crippen molar-refractivity contribution in [1.29, 1.82) is 0 Å². The van der Waals surface area contributed by atoms with E-state index in [9.17, 15) is 0 Å². The van der Waals surface area contributed by atoms with Gasteiger partial charge in [-0.15, -0.1) is 0 Å². The van der Waals surface area contributed by atoms with Gasteiger partial charge in [0.25, 0.3) is 0 Å². The van der Waals surface area contributed by atoms with Crippen molar-refractivity contribution in [3.05, 3.63) is 12.2 Å². The summed E-state index contributed by atoms with van der Waals surface area (Å²) in [4.78, 5) is 0. The molecule has 2 aliphatic carbocycles. The summed E-state index contributed by atoms with van der Waals surface area (Å²) in [5.41, 5.74) is 0.597. The minimum Gasteiger partial charge on any atom is -0.381 e. The lowest BCUT2D eigenvalue weighted by Crippen LogP contribution is -2.25. The van der Waals surface area contributed by atoms with E-state index in [1.165, 1.54) is 19.3 Å². The van der Waals surface area contributed by atoms with Crippen LogP contribution in [0.1, 0.15) is 19.3 Å². The van der Waals surface area contributed by atoms with Crippen LogP contribution in [0.4, 0.5) is 0 Å². The zero-order chi connectivity index (χ0) is 7.31. The largest absolute Gasteiger partial charge is 0.381 e. The first kappa shape index (κ1) is 6.24. The first-order valence-corrected chi connectivity index (χ1v) is 4.65. The molecule has 0 aromatic rings. The van der Waals surface area contributed by atoms with E-state index >= 15 is 0 Å². The zero-order valence-electron chi connectivity index (χ0n) is 6.75. The summed E-state index contributed by atoms with van der Waals surface area (Å²) in [6, 6.07) is 0. The molecule has 3 rings (SSSR count). The molecule has 0 aromatic carbocycles. The molecular weight excluding hydrogens is 136 g/mol. The molecule has 0 amide bonds. The van der Waals surface area contributed by atoms with Crippen LogP contribution in [0.5, 0.6) is 0 Å². The van der Waals surface area contributed by atoms with Gasteiger partial charge in [-0.2, -0.15) is 0 Å². The lowest BCUT2D eigenvalue weighted by atomic mass is 9.75. The highest BCUT2D eigenvalue weighted by atomic mass is 16.5. The van der Waals surface area contributed by atoms with Crippen molar-refractivity contribution in [2.75, 3.05) is 13.2 Å². The van der Waals surface area contributed by atoms with Crippen LogP contribution in [-0.4, -0.2) is 13.2 Å². The monoisotopic (exact) mass is 150 g/mol. The molecule has 1 heterocycles. The Hall–Kier alpha value is -0.300. The molecule has 1 nitrogen and oxygen atoms in total. The third-order valence-electron chi connectivity index (χ3n) is 3.76. The third kappa shape index (κ3) is 0.698. The number of hydrogen-bond acceptors (Lipinski definition) is 1. The number of allylic oxidation sites excluding steroid dienone is 2. The molecule has 0 unspecified atom stereocenters. The molecule has 2 bridgehead atoms. The fourth-order valence-electron chi connectivity index (χ4n) is 3.13. The van der Waals surface area contributed by atoms with Gasteiger partial charge in [0.05, 0.1) is 6.61 Å². The van der Waals surface area contributed by atoms with Crippen LogP contribution in [0.15, 0.2) is 12.2 Å². The minimum absolute atomic E-state index is 0.597. The molecule has 0 aromatic heterocycles. The first-order valence-electron chi connectivity index (χ1n) is 4.65. The van der Waals surface area contributed by atoms with Crippen molar-refractivity contribution < 1.29 is 4.74 Å². The predicted octanol–water partition coefficient (Wildman–Crippen LogP) is 1.99. The SMILES string of the molecule is C1=C[C@H]2C[C@@H]1C[C@@]21CCOC1. The Labute approximate surface area is 67.4 Å². The number of rotatable bonds is 0. The molecule has 1 heteroatoms. The van der Waals surface area contributed by atoms with E-state index in [0.29, 0.717) is 5.41 Å². The highest BCUT2D eigenvalue weighted by Gasteiger charge is 2.50. The summed E-state index contributed by atoms with van der Waals surface area (Å²) < 4.78 is 5.50. The van der Waals surface area contributed by atoms with E-state index in [1.807, 2.05) is 0 Å². The lowest BCUT2D eigenvalue weighted by molar-refractivity contribution is 0.135. The summed E-state index contributed by atoms with van der Waals surface area (Å²) in [6.45, 7) is 2.05.